The molecule has 0 saturated carbocycles. The van der Waals surface area contributed by atoms with Gasteiger partial charge < -0.3 is 9.47 Å². The number of aliphatic imine (C=N–C) groups is 1. The van der Waals surface area contributed by atoms with E-state index >= 15 is 0 Å². The van der Waals surface area contributed by atoms with Crippen molar-refractivity contribution >= 4 is 78.7 Å². The molecule has 7 nitrogen and oxygen atoms in total. The van der Waals surface area contributed by atoms with Crippen LogP contribution < -0.4 is 4.74 Å². The van der Waals surface area contributed by atoms with Crippen molar-refractivity contribution in [2.75, 3.05) is 0 Å². The predicted molar refractivity (Wildman–Crippen MR) is 136 cm³/mol. The Labute approximate surface area is 220 Å². The summed E-state index contributed by atoms with van der Waals surface area (Å²) in [6.45, 7) is 0.308. The molecule has 1 aliphatic heterocycles. The number of ether oxygens (including phenoxy) is 2. The van der Waals surface area contributed by atoms with E-state index in [1.165, 1.54) is 24.3 Å². The van der Waals surface area contributed by atoms with Gasteiger partial charge in [0.1, 0.15) is 12.4 Å². The average molecular weight is 627 g/mol. The third-order valence-electron chi connectivity index (χ3n) is 4.61. The van der Waals surface area contributed by atoms with Gasteiger partial charge in [0.05, 0.1) is 24.5 Å². The first-order valence-corrected chi connectivity index (χ1v) is 11.9. The number of carbonyl (C=O) groups is 1. The summed E-state index contributed by atoms with van der Waals surface area (Å²) in [7, 11) is 0. The van der Waals surface area contributed by atoms with Gasteiger partial charge in [-0.15, -0.1) is 0 Å². The van der Waals surface area contributed by atoms with Crippen LogP contribution in [0, 0.1) is 10.1 Å². The van der Waals surface area contributed by atoms with Crippen LogP contribution in [-0.4, -0.2) is 16.8 Å². The third-order valence-corrected chi connectivity index (χ3v) is 6.35. The molecule has 1 heterocycles. The van der Waals surface area contributed by atoms with Gasteiger partial charge in [-0.1, -0.05) is 35.3 Å². The summed E-state index contributed by atoms with van der Waals surface area (Å²) in [4.78, 5) is 27.1. The van der Waals surface area contributed by atoms with E-state index < -0.39 is 10.9 Å². The van der Waals surface area contributed by atoms with Crippen molar-refractivity contribution in [1.29, 1.82) is 0 Å². The zero-order valence-electron chi connectivity index (χ0n) is 16.9. The van der Waals surface area contributed by atoms with E-state index in [0.29, 0.717) is 31.9 Å². The largest absolute Gasteiger partial charge is 0.487 e. The van der Waals surface area contributed by atoms with E-state index in [4.69, 9.17) is 32.7 Å². The van der Waals surface area contributed by atoms with Gasteiger partial charge in [-0.25, -0.2) is 9.79 Å². The summed E-state index contributed by atoms with van der Waals surface area (Å²) >= 11 is 19.1. The lowest BCUT2D eigenvalue weighted by atomic mass is 10.2. The Kier molecular flexibility index (Phi) is 7.37. The molecule has 0 atom stereocenters. The van der Waals surface area contributed by atoms with E-state index in [2.05, 4.69) is 36.9 Å². The van der Waals surface area contributed by atoms with Gasteiger partial charge >= 0.3 is 5.97 Å². The molecule has 0 aliphatic carbocycles. The smallest absolute Gasteiger partial charge is 0.363 e. The second-order valence-electron chi connectivity index (χ2n) is 6.99. The lowest BCUT2D eigenvalue weighted by Gasteiger charge is -2.11. The number of hydrogen-bond acceptors (Lipinski definition) is 6. The first-order chi connectivity index (χ1) is 16.2. The molecule has 0 saturated heterocycles. The van der Waals surface area contributed by atoms with Crippen LogP contribution in [0.2, 0.25) is 10.0 Å². The molecule has 0 N–H and O–H groups in total. The summed E-state index contributed by atoms with van der Waals surface area (Å²) in [5, 5.41) is 11.9. The first kappa shape index (κ1) is 24.4. The van der Waals surface area contributed by atoms with Crippen molar-refractivity contribution in [2.24, 2.45) is 4.99 Å². The van der Waals surface area contributed by atoms with Gasteiger partial charge in [0.25, 0.3) is 5.69 Å². The molecular weight excluding hydrogens is 615 g/mol. The molecule has 4 rings (SSSR count). The highest BCUT2D eigenvalue weighted by atomic mass is 79.9. The summed E-state index contributed by atoms with van der Waals surface area (Å²) in [6, 6.07) is 14.7. The fourth-order valence-electron chi connectivity index (χ4n) is 3.06. The molecule has 0 bridgehead atoms. The number of halogens is 4. The number of benzene rings is 3. The Morgan fingerprint density at radius 2 is 1.82 bits per heavy atom. The zero-order chi connectivity index (χ0) is 24.4. The number of non-ortho nitro benzene ring substituents is 1. The van der Waals surface area contributed by atoms with Gasteiger partial charge in [0, 0.05) is 17.2 Å². The van der Waals surface area contributed by atoms with Crippen LogP contribution in [0.3, 0.4) is 0 Å². The van der Waals surface area contributed by atoms with Crippen LogP contribution in [-0.2, 0) is 16.1 Å². The molecular formula is C23H12Br2Cl2N2O5. The first-order valence-electron chi connectivity index (χ1n) is 9.54. The summed E-state index contributed by atoms with van der Waals surface area (Å²) in [5.74, 6) is -0.237. The third kappa shape index (κ3) is 5.50. The monoisotopic (exact) mass is 624 g/mol. The number of nitro benzene ring substituents is 1. The highest BCUT2D eigenvalue weighted by molar-refractivity contribution is 9.11. The van der Waals surface area contributed by atoms with Gasteiger partial charge in [0.15, 0.2) is 5.70 Å². The predicted octanol–water partition coefficient (Wildman–Crippen LogP) is 7.35. The Bertz CT molecular complexity index is 1370. The molecule has 0 aromatic heterocycles. The number of carbonyl (C=O) groups excluding carboxylic acids is 1. The van der Waals surface area contributed by atoms with Crippen LogP contribution in [0.15, 0.2) is 74.2 Å². The fourth-order valence-corrected chi connectivity index (χ4v) is 4.92. The van der Waals surface area contributed by atoms with E-state index in [9.17, 15) is 14.9 Å². The zero-order valence-corrected chi connectivity index (χ0v) is 21.6. The average Bonchev–Trinajstić information content (AvgIpc) is 3.13. The molecule has 0 fully saturated rings. The van der Waals surface area contributed by atoms with Crippen LogP contribution in [0.5, 0.6) is 5.75 Å². The van der Waals surface area contributed by atoms with Crippen LogP contribution >= 0.6 is 55.1 Å². The molecule has 0 radical (unpaired) electrons. The minimum absolute atomic E-state index is 0.0176. The lowest BCUT2D eigenvalue weighted by molar-refractivity contribution is -0.384. The van der Waals surface area contributed by atoms with E-state index in [1.54, 1.807) is 18.2 Å². The highest BCUT2D eigenvalue weighted by Crippen LogP contribution is 2.36. The number of nitro groups is 1. The Morgan fingerprint density at radius 1 is 1.09 bits per heavy atom. The minimum Gasteiger partial charge on any atom is -0.487 e. The number of esters is 1. The van der Waals surface area contributed by atoms with Crippen LogP contribution in [0.4, 0.5) is 5.69 Å². The van der Waals surface area contributed by atoms with Crippen molar-refractivity contribution in [1.82, 2.24) is 0 Å². The summed E-state index contributed by atoms with van der Waals surface area (Å²) in [6.07, 6.45) is 1.52. The lowest BCUT2D eigenvalue weighted by Crippen LogP contribution is -2.06. The molecule has 0 spiro atoms. The SMILES string of the molecule is O=C1OC(c2cc([N+](=O)[O-])ccc2Cl)=N/C1=C\c1cc(Br)c(OCc2cccc(Cl)c2)c(Br)c1. The van der Waals surface area contributed by atoms with Gasteiger partial charge in [0.2, 0.25) is 5.90 Å². The molecule has 3 aromatic rings. The number of hydrogen-bond donors (Lipinski definition) is 0. The standard InChI is InChI=1S/C23H12Br2Cl2N2O5/c24-17-7-13(8-18(25)21(17)33-11-12-2-1-3-14(26)6-12)9-20-23(30)34-22(28-20)16-10-15(29(31)32)4-5-19(16)27/h1-10H,11H2/b20-9-. The minimum atomic E-state index is -0.703. The Balaban J connectivity index is 1.59. The second-order valence-corrected chi connectivity index (χ2v) is 9.54. The topological polar surface area (TPSA) is 91.0 Å². The van der Waals surface area contributed by atoms with Crippen molar-refractivity contribution in [3.05, 3.63) is 106 Å². The molecule has 172 valence electrons. The van der Waals surface area contributed by atoms with Crippen molar-refractivity contribution in [3.8, 4) is 5.75 Å². The summed E-state index contributed by atoms with van der Waals surface area (Å²) in [5.41, 5.74) is 1.52. The van der Waals surface area contributed by atoms with Crippen molar-refractivity contribution in [2.45, 2.75) is 6.61 Å². The van der Waals surface area contributed by atoms with E-state index in [0.717, 1.165) is 5.56 Å². The molecule has 0 amide bonds. The van der Waals surface area contributed by atoms with Gasteiger partial charge in [-0.05, 0) is 79.4 Å². The Morgan fingerprint density at radius 3 is 2.50 bits per heavy atom. The molecule has 34 heavy (non-hydrogen) atoms. The number of nitrogens with zero attached hydrogens (tertiary/aromatic N) is 2. The van der Waals surface area contributed by atoms with Gasteiger partial charge in [-0.2, -0.15) is 0 Å². The number of rotatable bonds is 6. The number of cyclic esters (lactones) is 1. The quantitative estimate of drug-likeness (QED) is 0.123. The van der Waals surface area contributed by atoms with Crippen LogP contribution in [0.25, 0.3) is 6.08 Å². The maximum Gasteiger partial charge on any atom is 0.363 e. The van der Waals surface area contributed by atoms with E-state index in [1.807, 2.05) is 18.2 Å². The maximum atomic E-state index is 12.4. The normalized spacial score (nSPS) is 14.2. The Hall–Kier alpha value is -2.72. The van der Waals surface area contributed by atoms with Crippen molar-refractivity contribution in [3.63, 3.8) is 0 Å². The fraction of sp³-hybridized carbons (Fsp3) is 0.0435. The highest BCUT2D eigenvalue weighted by Gasteiger charge is 2.27. The molecule has 11 heteroatoms. The second kappa shape index (κ2) is 10.3. The van der Waals surface area contributed by atoms with E-state index in [-0.39, 0.29) is 27.9 Å². The molecule has 1 aliphatic rings. The maximum absolute atomic E-state index is 12.4. The van der Waals surface area contributed by atoms with Gasteiger partial charge in [-0.3, -0.25) is 10.1 Å². The van der Waals surface area contributed by atoms with Crippen LogP contribution in [0.1, 0.15) is 16.7 Å². The van der Waals surface area contributed by atoms with Crippen molar-refractivity contribution < 1.29 is 19.2 Å². The summed E-state index contributed by atoms with van der Waals surface area (Å²) < 4.78 is 12.4. The molecule has 3 aromatic carbocycles. The molecule has 0 unspecified atom stereocenters.